The molecule has 2 N–H and O–H groups in total. The highest BCUT2D eigenvalue weighted by molar-refractivity contribution is 9.10. The summed E-state index contributed by atoms with van der Waals surface area (Å²) >= 11 is 10.7. The van der Waals surface area contributed by atoms with Gasteiger partial charge in [-0.1, -0.05) is 11.6 Å². The number of benzene rings is 1. The summed E-state index contributed by atoms with van der Waals surface area (Å²) < 4.78 is 1.53. The molecule has 0 fully saturated rings. The zero-order valence-corrected chi connectivity index (χ0v) is 14.1. The molecule has 0 atom stereocenters. The van der Waals surface area contributed by atoms with Crippen LogP contribution in [0.4, 0.5) is 5.69 Å². The Labute approximate surface area is 135 Å². The molecule has 0 spiro atoms. The largest absolute Gasteiger partial charge is 0.398 e. The van der Waals surface area contributed by atoms with Crippen molar-refractivity contribution in [2.75, 3.05) is 12.3 Å². The Balaban J connectivity index is 2.18. The van der Waals surface area contributed by atoms with Gasteiger partial charge in [0, 0.05) is 27.1 Å². The van der Waals surface area contributed by atoms with Gasteiger partial charge in [-0.25, -0.2) is 0 Å². The number of hydrogen-bond donors (Lipinski definition) is 1. The minimum atomic E-state index is -0.0313. The van der Waals surface area contributed by atoms with Gasteiger partial charge < -0.3 is 10.6 Å². The summed E-state index contributed by atoms with van der Waals surface area (Å²) in [6.07, 6.45) is 0. The van der Waals surface area contributed by atoms with Crippen molar-refractivity contribution < 1.29 is 4.79 Å². The average Bonchev–Trinajstić information content (AvgIpc) is 2.84. The molecule has 6 heteroatoms. The quantitative estimate of drug-likeness (QED) is 0.807. The van der Waals surface area contributed by atoms with Crippen molar-refractivity contribution in [1.82, 2.24) is 4.90 Å². The molecule has 1 aromatic carbocycles. The Bertz CT molecular complexity index is 629. The maximum Gasteiger partial charge on any atom is 0.254 e. The van der Waals surface area contributed by atoms with E-state index >= 15 is 0 Å². The third-order valence-corrected chi connectivity index (χ3v) is 4.83. The van der Waals surface area contributed by atoms with Crippen molar-refractivity contribution in [2.45, 2.75) is 13.5 Å². The lowest BCUT2D eigenvalue weighted by Crippen LogP contribution is -2.30. The third kappa shape index (κ3) is 3.53. The molecule has 0 aliphatic carbocycles. The van der Waals surface area contributed by atoms with Crippen molar-refractivity contribution in [3.63, 3.8) is 0 Å². The second-order valence-corrected chi connectivity index (χ2v) is 6.92. The minimum Gasteiger partial charge on any atom is -0.398 e. The van der Waals surface area contributed by atoms with Gasteiger partial charge in [-0.15, -0.1) is 11.3 Å². The zero-order chi connectivity index (χ0) is 14.7. The first-order valence-electron chi connectivity index (χ1n) is 6.09. The minimum absolute atomic E-state index is 0.0313. The summed E-state index contributed by atoms with van der Waals surface area (Å²) in [5, 5.41) is 0. The van der Waals surface area contributed by atoms with E-state index in [9.17, 15) is 4.79 Å². The molecule has 0 bridgehead atoms. The number of nitrogens with two attached hydrogens (primary N) is 1. The highest BCUT2D eigenvalue weighted by Crippen LogP contribution is 2.24. The van der Waals surface area contributed by atoms with Crippen LogP contribution in [-0.4, -0.2) is 17.4 Å². The molecule has 1 amide bonds. The van der Waals surface area contributed by atoms with Gasteiger partial charge >= 0.3 is 0 Å². The van der Waals surface area contributed by atoms with E-state index in [0.717, 1.165) is 13.7 Å². The fraction of sp³-hybridized carbons (Fsp3) is 0.214. The summed E-state index contributed by atoms with van der Waals surface area (Å²) in [6.45, 7) is 3.14. The number of carbonyl (C=O) groups is 1. The molecule has 0 unspecified atom stereocenters. The number of nitrogens with zero attached hydrogens (tertiary/aromatic N) is 1. The van der Waals surface area contributed by atoms with E-state index in [0.29, 0.717) is 24.3 Å². The van der Waals surface area contributed by atoms with Gasteiger partial charge in [0.25, 0.3) is 5.91 Å². The molecular formula is C14H14BrClN2OS. The molecule has 3 nitrogen and oxygen atoms in total. The number of nitrogen functional groups attached to an aromatic ring is 1. The molecule has 2 rings (SSSR count). The maximum atomic E-state index is 12.5. The van der Waals surface area contributed by atoms with Crippen LogP contribution in [0.5, 0.6) is 0 Å². The molecule has 106 valence electrons. The lowest BCUT2D eigenvalue weighted by Gasteiger charge is -2.20. The number of hydrogen-bond acceptors (Lipinski definition) is 3. The van der Waals surface area contributed by atoms with Gasteiger partial charge in [0.1, 0.15) is 0 Å². The molecule has 0 radical (unpaired) electrons. The number of anilines is 1. The van der Waals surface area contributed by atoms with Gasteiger partial charge in [0.15, 0.2) is 0 Å². The molecule has 0 saturated carbocycles. The van der Waals surface area contributed by atoms with Gasteiger partial charge in [-0.3, -0.25) is 4.79 Å². The van der Waals surface area contributed by atoms with Crippen LogP contribution in [0, 0.1) is 0 Å². The second-order valence-electron chi connectivity index (χ2n) is 4.26. The molecule has 0 aliphatic heterocycles. The average molecular weight is 374 g/mol. The highest BCUT2D eigenvalue weighted by atomic mass is 79.9. The van der Waals surface area contributed by atoms with Crippen molar-refractivity contribution in [3.8, 4) is 0 Å². The normalized spacial score (nSPS) is 10.6. The Morgan fingerprint density at radius 2 is 2.15 bits per heavy atom. The van der Waals surface area contributed by atoms with Crippen LogP contribution in [-0.2, 0) is 6.54 Å². The van der Waals surface area contributed by atoms with Gasteiger partial charge in [0.2, 0.25) is 0 Å². The second kappa shape index (κ2) is 6.61. The van der Waals surface area contributed by atoms with E-state index in [1.165, 1.54) is 11.3 Å². The monoisotopic (exact) mass is 372 g/mol. The van der Waals surface area contributed by atoms with Crippen LogP contribution in [0.15, 0.2) is 34.8 Å². The topological polar surface area (TPSA) is 46.3 Å². The molecule has 20 heavy (non-hydrogen) atoms. The van der Waals surface area contributed by atoms with Crippen LogP contribution < -0.4 is 5.73 Å². The van der Waals surface area contributed by atoms with E-state index in [-0.39, 0.29) is 5.91 Å². The Hall–Kier alpha value is -1.04. The van der Waals surface area contributed by atoms with E-state index in [2.05, 4.69) is 15.9 Å². The number of rotatable bonds is 4. The van der Waals surface area contributed by atoms with Crippen LogP contribution in [0.1, 0.15) is 22.2 Å². The molecular weight excluding hydrogens is 360 g/mol. The van der Waals surface area contributed by atoms with Crippen molar-refractivity contribution in [1.29, 1.82) is 0 Å². The smallest absolute Gasteiger partial charge is 0.254 e. The Kier molecular flexibility index (Phi) is 5.07. The summed E-state index contributed by atoms with van der Waals surface area (Å²) in [6, 6.07) is 9.04. The van der Waals surface area contributed by atoms with E-state index in [1.54, 1.807) is 23.1 Å². The van der Waals surface area contributed by atoms with Crippen molar-refractivity contribution in [3.05, 3.63) is 49.6 Å². The van der Waals surface area contributed by atoms with Gasteiger partial charge in [-0.2, -0.15) is 0 Å². The first-order valence-corrected chi connectivity index (χ1v) is 8.08. The molecule has 2 aromatic rings. The SMILES string of the molecule is CCN(Cc1ccc(Cl)s1)C(=O)c1ccc(Br)c(N)c1. The lowest BCUT2D eigenvalue weighted by atomic mass is 10.1. The maximum absolute atomic E-state index is 12.5. The van der Waals surface area contributed by atoms with Crippen molar-refractivity contribution >= 4 is 50.5 Å². The summed E-state index contributed by atoms with van der Waals surface area (Å²) in [5.41, 5.74) is 6.98. The number of amides is 1. The Morgan fingerprint density at radius 1 is 1.40 bits per heavy atom. The van der Waals surface area contributed by atoms with Crippen LogP contribution in [0.2, 0.25) is 4.34 Å². The zero-order valence-electron chi connectivity index (χ0n) is 10.9. The standard InChI is InChI=1S/C14H14BrClN2OS/c1-2-18(8-10-4-6-13(16)20-10)14(19)9-3-5-11(15)12(17)7-9/h3-7H,2,8,17H2,1H3. The fourth-order valence-corrected chi connectivity index (χ4v) is 3.16. The summed E-state index contributed by atoms with van der Waals surface area (Å²) in [4.78, 5) is 15.3. The Morgan fingerprint density at radius 3 is 2.70 bits per heavy atom. The van der Waals surface area contributed by atoms with Gasteiger partial charge in [0.05, 0.1) is 10.9 Å². The van der Waals surface area contributed by atoms with Crippen LogP contribution in [0.3, 0.4) is 0 Å². The highest BCUT2D eigenvalue weighted by Gasteiger charge is 2.16. The molecule has 0 saturated heterocycles. The van der Waals surface area contributed by atoms with E-state index in [1.807, 2.05) is 19.1 Å². The predicted molar refractivity (Wildman–Crippen MR) is 88.3 cm³/mol. The molecule has 1 heterocycles. The summed E-state index contributed by atoms with van der Waals surface area (Å²) in [5.74, 6) is -0.0313. The van der Waals surface area contributed by atoms with Crippen LogP contribution in [0.25, 0.3) is 0 Å². The fourth-order valence-electron chi connectivity index (χ4n) is 1.81. The van der Waals surface area contributed by atoms with E-state index in [4.69, 9.17) is 17.3 Å². The first-order chi connectivity index (χ1) is 9.51. The number of carbonyl (C=O) groups excluding carboxylic acids is 1. The van der Waals surface area contributed by atoms with E-state index < -0.39 is 0 Å². The predicted octanol–water partition coefficient (Wildman–Crippen LogP) is 4.41. The van der Waals surface area contributed by atoms with Crippen molar-refractivity contribution in [2.24, 2.45) is 0 Å². The number of halogens is 2. The van der Waals surface area contributed by atoms with Crippen LogP contribution >= 0.6 is 38.9 Å². The third-order valence-electron chi connectivity index (χ3n) is 2.89. The molecule has 1 aromatic heterocycles. The van der Waals surface area contributed by atoms with Gasteiger partial charge in [-0.05, 0) is 53.2 Å². The lowest BCUT2D eigenvalue weighted by molar-refractivity contribution is 0.0754. The number of thiophene rings is 1. The first kappa shape index (κ1) is 15.4. The molecule has 0 aliphatic rings. The summed E-state index contributed by atoms with van der Waals surface area (Å²) in [7, 11) is 0.